The fraction of sp³-hybridized carbons (Fsp3) is 0.200. The number of hydrogen-bond donors (Lipinski definition) is 1. The molecule has 0 saturated carbocycles. The summed E-state index contributed by atoms with van der Waals surface area (Å²) < 4.78 is 27.2. The lowest BCUT2D eigenvalue weighted by Crippen LogP contribution is -2.13. The Morgan fingerprint density at radius 2 is 1.87 bits per heavy atom. The van der Waals surface area contributed by atoms with Crippen molar-refractivity contribution in [3.8, 4) is 40.0 Å². The number of amides is 1. The standard InChI is InChI=1S/C20H17BrN2O6S/c1-25-15-7-11(16(21)18(27-3)17(15)26-2)19(24)23-20-22-12(8-30-20)10-4-5-13-14(6-10)29-9-28-13/h4-8H,9H2,1-3H3,(H,22,23,24). The Labute approximate surface area is 184 Å². The number of halogens is 1. The normalized spacial score (nSPS) is 11.9. The number of anilines is 1. The molecule has 2 heterocycles. The number of nitrogens with one attached hydrogen (secondary N) is 1. The van der Waals surface area contributed by atoms with E-state index in [-0.39, 0.29) is 12.7 Å². The van der Waals surface area contributed by atoms with E-state index in [0.717, 1.165) is 11.3 Å². The highest BCUT2D eigenvalue weighted by atomic mass is 79.9. The number of nitrogens with zero attached hydrogens (tertiary/aromatic N) is 1. The number of benzene rings is 2. The summed E-state index contributed by atoms with van der Waals surface area (Å²) >= 11 is 4.73. The van der Waals surface area contributed by atoms with Crippen LogP contribution in [-0.2, 0) is 0 Å². The second-order valence-electron chi connectivity index (χ2n) is 6.07. The van der Waals surface area contributed by atoms with Crippen LogP contribution in [0.3, 0.4) is 0 Å². The van der Waals surface area contributed by atoms with Crippen LogP contribution in [0.25, 0.3) is 11.3 Å². The molecule has 0 bridgehead atoms. The molecule has 0 atom stereocenters. The molecule has 1 aliphatic rings. The summed E-state index contributed by atoms with van der Waals surface area (Å²) in [5.41, 5.74) is 1.91. The summed E-state index contributed by atoms with van der Waals surface area (Å²) in [6.07, 6.45) is 0. The lowest BCUT2D eigenvalue weighted by atomic mass is 10.1. The largest absolute Gasteiger partial charge is 0.493 e. The minimum Gasteiger partial charge on any atom is -0.493 e. The number of carbonyl (C=O) groups is 1. The Morgan fingerprint density at radius 3 is 2.60 bits per heavy atom. The van der Waals surface area contributed by atoms with Crippen LogP contribution in [0.1, 0.15) is 10.4 Å². The molecule has 156 valence electrons. The van der Waals surface area contributed by atoms with Gasteiger partial charge in [0.15, 0.2) is 28.1 Å². The molecule has 8 nitrogen and oxygen atoms in total. The third-order valence-corrected chi connectivity index (χ3v) is 5.95. The molecule has 3 aromatic rings. The van der Waals surface area contributed by atoms with E-state index in [4.69, 9.17) is 23.7 Å². The van der Waals surface area contributed by atoms with Gasteiger partial charge in [-0.1, -0.05) is 0 Å². The molecule has 0 aliphatic carbocycles. The van der Waals surface area contributed by atoms with E-state index < -0.39 is 0 Å². The molecule has 4 rings (SSSR count). The molecule has 30 heavy (non-hydrogen) atoms. The van der Waals surface area contributed by atoms with Crippen LogP contribution in [0.4, 0.5) is 5.13 Å². The highest BCUT2D eigenvalue weighted by Crippen LogP contribution is 2.45. The molecular weight excluding hydrogens is 476 g/mol. The van der Waals surface area contributed by atoms with Crippen molar-refractivity contribution in [2.24, 2.45) is 0 Å². The molecule has 0 unspecified atom stereocenters. The Kier molecular flexibility index (Phi) is 5.69. The van der Waals surface area contributed by atoms with Crippen LogP contribution in [0.2, 0.25) is 0 Å². The van der Waals surface area contributed by atoms with Gasteiger partial charge in [0.2, 0.25) is 12.5 Å². The third-order valence-electron chi connectivity index (χ3n) is 4.41. The second kappa shape index (κ2) is 8.41. The van der Waals surface area contributed by atoms with E-state index in [2.05, 4.69) is 26.2 Å². The molecular formula is C20H17BrN2O6S. The average Bonchev–Trinajstić information content (AvgIpc) is 3.41. The van der Waals surface area contributed by atoms with E-state index in [1.807, 2.05) is 23.6 Å². The molecule has 1 aliphatic heterocycles. The van der Waals surface area contributed by atoms with Gasteiger partial charge in [-0.25, -0.2) is 4.98 Å². The van der Waals surface area contributed by atoms with E-state index in [0.29, 0.717) is 43.9 Å². The van der Waals surface area contributed by atoms with Crippen molar-refractivity contribution in [1.29, 1.82) is 0 Å². The summed E-state index contributed by atoms with van der Waals surface area (Å²) in [4.78, 5) is 17.4. The van der Waals surface area contributed by atoms with Crippen molar-refractivity contribution in [2.75, 3.05) is 33.4 Å². The van der Waals surface area contributed by atoms with Crippen LogP contribution in [0.5, 0.6) is 28.7 Å². The highest BCUT2D eigenvalue weighted by molar-refractivity contribution is 9.10. The maximum absolute atomic E-state index is 12.9. The van der Waals surface area contributed by atoms with E-state index in [1.54, 1.807) is 6.07 Å². The molecule has 1 N–H and O–H groups in total. The SMILES string of the molecule is COc1cc(C(=O)Nc2nc(-c3ccc4c(c3)OCO4)cs2)c(Br)c(OC)c1OC. The minimum atomic E-state index is -0.368. The van der Waals surface area contributed by atoms with Gasteiger partial charge >= 0.3 is 0 Å². The fourth-order valence-corrected chi connectivity index (χ4v) is 4.32. The quantitative estimate of drug-likeness (QED) is 0.538. The van der Waals surface area contributed by atoms with Gasteiger partial charge in [0.05, 0.1) is 37.1 Å². The number of carbonyl (C=O) groups excluding carboxylic acids is 1. The Hall–Kier alpha value is -2.98. The van der Waals surface area contributed by atoms with Crippen molar-refractivity contribution in [3.63, 3.8) is 0 Å². The third kappa shape index (κ3) is 3.63. The number of hydrogen-bond acceptors (Lipinski definition) is 8. The smallest absolute Gasteiger partial charge is 0.258 e. The zero-order valence-electron chi connectivity index (χ0n) is 16.3. The molecule has 0 radical (unpaired) electrons. The first-order valence-corrected chi connectivity index (χ1v) is 10.4. The summed E-state index contributed by atoms with van der Waals surface area (Å²) in [5, 5.41) is 5.12. The number of aromatic nitrogens is 1. The summed E-state index contributed by atoms with van der Waals surface area (Å²) in [7, 11) is 4.48. The first kappa shape index (κ1) is 20.3. The molecule has 2 aromatic carbocycles. The van der Waals surface area contributed by atoms with Gasteiger partial charge in [-0.05, 0) is 40.2 Å². The highest BCUT2D eigenvalue weighted by Gasteiger charge is 2.23. The maximum atomic E-state index is 12.9. The topological polar surface area (TPSA) is 88.1 Å². The van der Waals surface area contributed by atoms with Gasteiger partial charge in [0.25, 0.3) is 5.91 Å². The first-order valence-electron chi connectivity index (χ1n) is 8.71. The maximum Gasteiger partial charge on any atom is 0.258 e. The van der Waals surface area contributed by atoms with Gasteiger partial charge < -0.3 is 23.7 Å². The summed E-state index contributed by atoms with van der Waals surface area (Å²) in [5.74, 6) is 2.14. The van der Waals surface area contributed by atoms with Gasteiger partial charge in [0, 0.05) is 10.9 Å². The fourth-order valence-electron chi connectivity index (χ4n) is 2.97. The van der Waals surface area contributed by atoms with Crippen LogP contribution in [-0.4, -0.2) is 39.0 Å². The Balaban J connectivity index is 1.59. The van der Waals surface area contributed by atoms with Crippen LogP contribution < -0.4 is 29.0 Å². The van der Waals surface area contributed by atoms with E-state index in [9.17, 15) is 4.79 Å². The van der Waals surface area contributed by atoms with E-state index >= 15 is 0 Å². The minimum absolute atomic E-state index is 0.209. The lowest BCUT2D eigenvalue weighted by molar-refractivity contribution is 0.102. The van der Waals surface area contributed by atoms with Crippen molar-refractivity contribution >= 4 is 38.3 Å². The molecule has 10 heteroatoms. The molecule has 0 saturated heterocycles. The van der Waals surface area contributed by atoms with Crippen molar-refractivity contribution in [2.45, 2.75) is 0 Å². The molecule has 0 spiro atoms. The monoisotopic (exact) mass is 492 g/mol. The van der Waals surface area contributed by atoms with Crippen LogP contribution >= 0.6 is 27.3 Å². The molecule has 1 amide bonds. The zero-order chi connectivity index (χ0) is 21.3. The zero-order valence-corrected chi connectivity index (χ0v) is 18.7. The Morgan fingerprint density at radius 1 is 1.10 bits per heavy atom. The number of methoxy groups -OCH3 is 3. The van der Waals surface area contributed by atoms with Gasteiger partial charge in [0.1, 0.15) is 0 Å². The van der Waals surface area contributed by atoms with Crippen molar-refractivity contribution in [3.05, 3.63) is 39.7 Å². The number of rotatable bonds is 6. The number of ether oxygens (including phenoxy) is 5. The molecule has 0 fully saturated rings. The number of thiazole rings is 1. The van der Waals surface area contributed by atoms with Crippen LogP contribution in [0, 0.1) is 0 Å². The second-order valence-corrected chi connectivity index (χ2v) is 7.72. The van der Waals surface area contributed by atoms with Gasteiger partial charge in [-0.3, -0.25) is 10.1 Å². The average molecular weight is 493 g/mol. The van der Waals surface area contributed by atoms with Crippen molar-refractivity contribution < 1.29 is 28.5 Å². The summed E-state index contributed by atoms with van der Waals surface area (Å²) in [6.45, 7) is 0.209. The van der Waals surface area contributed by atoms with Gasteiger partial charge in [-0.2, -0.15) is 0 Å². The summed E-state index contributed by atoms with van der Waals surface area (Å²) in [6, 6.07) is 7.16. The predicted octanol–water partition coefficient (Wildman–Crippen LogP) is 4.58. The van der Waals surface area contributed by atoms with E-state index in [1.165, 1.54) is 32.7 Å². The molecule has 1 aromatic heterocycles. The van der Waals surface area contributed by atoms with Gasteiger partial charge in [-0.15, -0.1) is 11.3 Å². The number of fused-ring (bicyclic) bond motifs is 1. The Bertz CT molecular complexity index is 1120. The predicted molar refractivity (Wildman–Crippen MR) is 115 cm³/mol. The van der Waals surface area contributed by atoms with Crippen LogP contribution in [0.15, 0.2) is 34.1 Å². The van der Waals surface area contributed by atoms with Crippen molar-refractivity contribution in [1.82, 2.24) is 4.98 Å². The lowest BCUT2D eigenvalue weighted by Gasteiger charge is -2.16. The first-order chi connectivity index (χ1) is 14.5.